The van der Waals surface area contributed by atoms with E-state index in [2.05, 4.69) is 10.3 Å². The van der Waals surface area contributed by atoms with E-state index in [1.165, 1.54) is 0 Å². The minimum absolute atomic E-state index is 0.435. The van der Waals surface area contributed by atoms with Crippen LogP contribution in [0.25, 0.3) is 0 Å². The summed E-state index contributed by atoms with van der Waals surface area (Å²) in [5.74, 6) is 0.147. The second-order valence-electron chi connectivity index (χ2n) is 4.01. The number of nitrogens with one attached hydrogen (secondary N) is 1. The molecule has 1 aromatic carbocycles. The number of carbonyl (C=O) groups excluding carboxylic acids is 1. The van der Waals surface area contributed by atoms with E-state index in [0.717, 1.165) is 11.3 Å². The molecule has 0 saturated heterocycles. The largest absolute Gasteiger partial charge is 0.481 e. The normalized spacial score (nSPS) is 9.95. The number of aromatic nitrogens is 1. The first-order valence-corrected chi connectivity index (χ1v) is 5.81. The Kier molecular flexibility index (Phi) is 3.97. The first-order valence-electron chi connectivity index (χ1n) is 5.81. The molecule has 0 aliphatic heterocycles. The van der Waals surface area contributed by atoms with Gasteiger partial charge in [-0.3, -0.25) is 4.79 Å². The summed E-state index contributed by atoms with van der Waals surface area (Å²) in [6.07, 6.45) is 1.74. The number of rotatable bonds is 5. The van der Waals surface area contributed by atoms with Crippen molar-refractivity contribution in [2.45, 2.75) is 6.54 Å². The summed E-state index contributed by atoms with van der Waals surface area (Å²) in [7, 11) is 1.58. The number of primary amides is 1. The van der Waals surface area contributed by atoms with Gasteiger partial charge in [0.25, 0.3) is 0 Å². The molecule has 19 heavy (non-hydrogen) atoms. The van der Waals surface area contributed by atoms with Gasteiger partial charge in [-0.2, -0.15) is 0 Å². The monoisotopic (exact) mass is 257 g/mol. The molecular weight excluding hydrogens is 242 g/mol. The Balaban J connectivity index is 2.01. The Morgan fingerprint density at radius 2 is 2.21 bits per heavy atom. The van der Waals surface area contributed by atoms with E-state index in [1.807, 2.05) is 12.1 Å². The predicted octanol–water partition coefficient (Wildman–Crippen LogP) is 1.80. The first-order chi connectivity index (χ1) is 9.19. The second-order valence-corrected chi connectivity index (χ2v) is 4.01. The van der Waals surface area contributed by atoms with Crippen LogP contribution in [0.15, 0.2) is 42.6 Å². The molecule has 1 heterocycles. The van der Waals surface area contributed by atoms with Crippen LogP contribution in [0.3, 0.4) is 0 Å². The molecule has 0 spiro atoms. The predicted molar refractivity (Wildman–Crippen MR) is 73.1 cm³/mol. The summed E-state index contributed by atoms with van der Waals surface area (Å²) >= 11 is 0. The SMILES string of the molecule is COc1ccc(CNc2cccc(C(N)=O)c2)cn1. The standard InChI is InChI=1S/C14H15N3O2/c1-19-13-6-5-10(9-17-13)8-16-12-4-2-3-11(7-12)14(15)18/h2-7,9,16H,8H2,1H3,(H2,15,18). The molecule has 1 amide bonds. The zero-order chi connectivity index (χ0) is 13.7. The van der Waals surface area contributed by atoms with E-state index in [4.69, 9.17) is 10.5 Å². The Morgan fingerprint density at radius 3 is 2.84 bits per heavy atom. The number of carbonyl (C=O) groups is 1. The minimum Gasteiger partial charge on any atom is -0.481 e. The Morgan fingerprint density at radius 1 is 1.37 bits per heavy atom. The highest BCUT2D eigenvalue weighted by Crippen LogP contribution is 2.12. The van der Waals surface area contributed by atoms with Gasteiger partial charge in [0, 0.05) is 30.1 Å². The fraction of sp³-hybridized carbons (Fsp3) is 0.143. The van der Waals surface area contributed by atoms with Crippen molar-refractivity contribution in [3.8, 4) is 5.88 Å². The van der Waals surface area contributed by atoms with Crippen LogP contribution in [0.4, 0.5) is 5.69 Å². The maximum atomic E-state index is 11.1. The van der Waals surface area contributed by atoms with E-state index in [0.29, 0.717) is 18.0 Å². The number of anilines is 1. The molecule has 0 radical (unpaired) electrons. The maximum absolute atomic E-state index is 11.1. The lowest BCUT2D eigenvalue weighted by Crippen LogP contribution is -2.11. The van der Waals surface area contributed by atoms with Crippen LogP contribution < -0.4 is 15.8 Å². The summed E-state index contributed by atoms with van der Waals surface area (Å²) in [6.45, 7) is 0.610. The van der Waals surface area contributed by atoms with Crippen molar-refractivity contribution < 1.29 is 9.53 Å². The molecule has 3 N–H and O–H groups in total. The van der Waals surface area contributed by atoms with Crippen LogP contribution in [0.2, 0.25) is 0 Å². The molecule has 0 aliphatic carbocycles. The zero-order valence-electron chi connectivity index (χ0n) is 10.6. The molecule has 2 aromatic rings. The lowest BCUT2D eigenvalue weighted by molar-refractivity contribution is 0.100. The van der Waals surface area contributed by atoms with Crippen LogP contribution in [0.1, 0.15) is 15.9 Å². The smallest absolute Gasteiger partial charge is 0.248 e. The highest BCUT2D eigenvalue weighted by molar-refractivity contribution is 5.93. The van der Waals surface area contributed by atoms with Gasteiger partial charge in [-0.05, 0) is 23.8 Å². The fourth-order valence-corrected chi connectivity index (χ4v) is 1.62. The lowest BCUT2D eigenvalue weighted by Gasteiger charge is -2.07. The third kappa shape index (κ3) is 3.45. The van der Waals surface area contributed by atoms with Gasteiger partial charge in [-0.1, -0.05) is 12.1 Å². The Bertz CT molecular complexity index is 567. The third-order valence-corrected chi connectivity index (χ3v) is 2.65. The number of methoxy groups -OCH3 is 1. The number of nitrogens with zero attached hydrogens (tertiary/aromatic N) is 1. The number of amides is 1. The van der Waals surface area contributed by atoms with Crippen LogP contribution in [-0.4, -0.2) is 18.0 Å². The zero-order valence-corrected chi connectivity index (χ0v) is 10.6. The number of hydrogen-bond acceptors (Lipinski definition) is 4. The summed E-state index contributed by atoms with van der Waals surface area (Å²) in [6, 6.07) is 10.8. The van der Waals surface area contributed by atoms with Gasteiger partial charge in [-0.25, -0.2) is 4.98 Å². The molecule has 0 atom stereocenters. The molecule has 2 rings (SSSR count). The van der Waals surface area contributed by atoms with Crippen LogP contribution in [0.5, 0.6) is 5.88 Å². The Labute approximate surface area is 111 Å². The number of hydrogen-bond donors (Lipinski definition) is 2. The Hall–Kier alpha value is -2.56. The number of ether oxygens (including phenoxy) is 1. The van der Waals surface area contributed by atoms with Crippen molar-refractivity contribution >= 4 is 11.6 Å². The van der Waals surface area contributed by atoms with Crippen LogP contribution in [-0.2, 0) is 6.54 Å². The topological polar surface area (TPSA) is 77.2 Å². The molecule has 0 saturated carbocycles. The number of benzene rings is 1. The molecular formula is C14H15N3O2. The van der Waals surface area contributed by atoms with Crippen LogP contribution in [0, 0.1) is 0 Å². The summed E-state index contributed by atoms with van der Waals surface area (Å²) in [4.78, 5) is 15.2. The molecule has 1 aromatic heterocycles. The van der Waals surface area contributed by atoms with Crippen molar-refractivity contribution in [2.24, 2.45) is 5.73 Å². The first kappa shape index (κ1) is 12.9. The van der Waals surface area contributed by atoms with E-state index in [-0.39, 0.29) is 0 Å². The van der Waals surface area contributed by atoms with E-state index < -0.39 is 5.91 Å². The molecule has 5 heteroatoms. The molecule has 0 unspecified atom stereocenters. The maximum Gasteiger partial charge on any atom is 0.248 e. The van der Waals surface area contributed by atoms with Crippen molar-refractivity contribution in [2.75, 3.05) is 12.4 Å². The van der Waals surface area contributed by atoms with Gasteiger partial charge >= 0.3 is 0 Å². The fourth-order valence-electron chi connectivity index (χ4n) is 1.62. The van der Waals surface area contributed by atoms with Gasteiger partial charge in [0.1, 0.15) is 0 Å². The van der Waals surface area contributed by atoms with Crippen molar-refractivity contribution in [3.05, 3.63) is 53.7 Å². The second kappa shape index (κ2) is 5.86. The van der Waals surface area contributed by atoms with Gasteiger partial charge in [0.15, 0.2) is 0 Å². The van der Waals surface area contributed by atoms with Gasteiger partial charge in [0.05, 0.1) is 7.11 Å². The molecule has 0 bridgehead atoms. The van der Waals surface area contributed by atoms with E-state index in [1.54, 1.807) is 37.6 Å². The average Bonchev–Trinajstić information content (AvgIpc) is 2.46. The highest BCUT2D eigenvalue weighted by Gasteiger charge is 2.01. The lowest BCUT2D eigenvalue weighted by atomic mass is 10.2. The summed E-state index contributed by atoms with van der Waals surface area (Å²) in [5, 5.41) is 3.21. The number of nitrogens with two attached hydrogens (primary N) is 1. The average molecular weight is 257 g/mol. The van der Waals surface area contributed by atoms with Gasteiger partial charge < -0.3 is 15.8 Å². The number of pyridine rings is 1. The van der Waals surface area contributed by atoms with E-state index in [9.17, 15) is 4.79 Å². The van der Waals surface area contributed by atoms with Gasteiger partial charge in [-0.15, -0.1) is 0 Å². The summed E-state index contributed by atoms with van der Waals surface area (Å²) in [5.41, 5.74) is 7.57. The minimum atomic E-state index is -0.435. The molecule has 98 valence electrons. The quantitative estimate of drug-likeness (QED) is 0.856. The highest BCUT2D eigenvalue weighted by atomic mass is 16.5. The third-order valence-electron chi connectivity index (χ3n) is 2.65. The van der Waals surface area contributed by atoms with Crippen molar-refractivity contribution in [1.29, 1.82) is 0 Å². The molecule has 0 aliphatic rings. The van der Waals surface area contributed by atoms with E-state index >= 15 is 0 Å². The van der Waals surface area contributed by atoms with Crippen molar-refractivity contribution in [3.63, 3.8) is 0 Å². The molecule has 5 nitrogen and oxygen atoms in total. The van der Waals surface area contributed by atoms with Gasteiger partial charge in [0.2, 0.25) is 11.8 Å². The van der Waals surface area contributed by atoms with Crippen LogP contribution >= 0.6 is 0 Å². The van der Waals surface area contributed by atoms with Crippen molar-refractivity contribution in [1.82, 2.24) is 4.98 Å². The molecule has 0 fully saturated rings. The summed E-state index contributed by atoms with van der Waals surface area (Å²) < 4.78 is 4.99.